The van der Waals surface area contributed by atoms with Crippen molar-refractivity contribution < 1.29 is 9.90 Å². The first-order valence-corrected chi connectivity index (χ1v) is 6.38. The second-order valence-electron chi connectivity index (χ2n) is 4.03. The van der Waals surface area contributed by atoms with Gasteiger partial charge in [0.2, 0.25) is 0 Å². The minimum Gasteiger partial charge on any atom is -0.478 e. The molecule has 0 saturated heterocycles. The van der Waals surface area contributed by atoms with E-state index >= 15 is 0 Å². The SMILES string of the molecule is O=C(O)c1ccc2sc(-c3ccccc3)cc2c1. The first kappa shape index (κ1) is 11.0. The number of thiophene rings is 1. The molecule has 0 radical (unpaired) electrons. The first-order chi connectivity index (χ1) is 8.74. The lowest BCUT2D eigenvalue weighted by Gasteiger charge is -1.93. The van der Waals surface area contributed by atoms with E-state index in [0.29, 0.717) is 5.56 Å². The van der Waals surface area contributed by atoms with Crippen molar-refractivity contribution in [2.45, 2.75) is 0 Å². The van der Waals surface area contributed by atoms with Gasteiger partial charge < -0.3 is 5.11 Å². The van der Waals surface area contributed by atoms with Crippen LogP contribution in [0.1, 0.15) is 10.4 Å². The largest absolute Gasteiger partial charge is 0.478 e. The van der Waals surface area contributed by atoms with Gasteiger partial charge in [-0.3, -0.25) is 0 Å². The van der Waals surface area contributed by atoms with Gasteiger partial charge in [-0.1, -0.05) is 30.3 Å². The van der Waals surface area contributed by atoms with Crippen LogP contribution < -0.4 is 0 Å². The van der Waals surface area contributed by atoms with Gasteiger partial charge in [-0.05, 0) is 35.2 Å². The Balaban J connectivity index is 2.14. The predicted octanol–water partition coefficient (Wildman–Crippen LogP) is 4.27. The monoisotopic (exact) mass is 254 g/mol. The average Bonchev–Trinajstić information content (AvgIpc) is 2.82. The molecule has 3 aromatic rings. The molecule has 1 heterocycles. The van der Waals surface area contributed by atoms with Gasteiger partial charge in [0, 0.05) is 9.58 Å². The summed E-state index contributed by atoms with van der Waals surface area (Å²) in [6.45, 7) is 0. The highest BCUT2D eigenvalue weighted by Crippen LogP contribution is 2.33. The van der Waals surface area contributed by atoms with Crippen molar-refractivity contribution in [1.82, 2.24) is 0 Å². The molecule has 3 rings (SSSR count). The zero-order chi connectivity index (χ0) is 12.5. The number of fused-ring (bicyclic) bond motifs is 1. The number of carbonyl (C=O) groups is 1. The van der Waals surface area contributed by atoms with Gasteiger partial charge in [-0.2, -0.15) is 0 Å². The molecule has 18 heavy (non-hydrogen) atoms. The molecule has 0 aliphatic heterocycles. The fourth-order valence-corrected chi connectivity index (χ4v) is 2.97. The van der Waals surface area contributed by atoms with Crippen molar-refractivity contribution in [2.24, 2.45) is 0 Å². The summed E-state index contributed by atoms with van der Waals surface area (Å²) in [6.07, 6.45) is 0. The smallest absolute Gasteiger partial charge is 0.335 e. The Hall–Kier alpha value is -2.13. The molecule has 0 fully saturated rings. The number of carboxylic acids is 1. The quantitative estimate of drug-likeness (QED) is 0.741. The van der Waals surface area contributed by atoms with Crippen molar-refractivity contribution >= 4 is 27.4 Å². The fraction of sp³-hybridized carbons (Fsp3) is 0. The zero-order valence-corrected chi connectivity index (χ0v) is 10.3. The van der Waals surface area contributed by atoms with Gasteiger partial charge in [0.05, 0.1) is 5.56 Å². The maximum absolute atomic E-state index is 10.9. The summed E-state index contributed by atoms with van der Waals surface area (Å²) in [5.41, 5.74) is 1.50. The number of carboxylic acid groups (broad SMARTS) is 1. The van der Waals surface area contributed by atoms with Crippen molar-refractivity contribution in [3.8, 4) is 10.4 Å². The summed E-state index contributed by atoms with van der Waals surface area (Å²) in [6, 6.07) is 17.4. The van der Waals surface area contributed by atoms with Crippen molar-refractivity contribution in [2.75, 3.05) is 0 Å². The van der Waals surface area contributed by atoms with Crippen LogP contribution in [-0.2, 0) is 0 Å². The van der Waals surface area contributed by atoms with Crippen LogP contribution in [-0.4, -0.2) is 11.1 Å². The molecule has 2 aromatic carbocycles. The highest BCUT2D eigenvalue weighted by Gasteiger charge is 2.07. The maximum Gasteiger partial charge on any atom is 0.335 e. The highest BCUT2D eigenvalue weighted by molar-refractivity contribution is 7.22. The van der Waals surface area contributed by atoms with Crippen molar-refractivity contribution in [3.63, 3.8) is 0 Å². The number of benzene rings is 2. The van der Waals surface area contributed by atoms with Crippen LogP contribution in [0.15, 0.2) is 54.6 Å². The molecule has 2 nitrogen and oxygen atoms in total. The van der Waals surface area contributed by atoms with E-state index in [1.165, 1.54) is 0 Å². The van der Waals surface area contributed by atoms with Crippen LogP contribution in [0.25, 0.3) is 20.5 Å². The second-order valence-corrected chi connectivity index (χ2v) is 5.12. The van der Waals surface area contributed by atoms with E-state index in [-0.39, 0.29) is 0 Å². The number of hydrogen-bond donors (Lipinski definition) is 1. The lowest BCUT2D eigenvalue weighted by molar-refractivity contribution is 0.0697. The molecular weight excluding hydrogens is 244 g/mol. The molecule has 0 amide bonds. The molecule has 0 saturated carbocycles. The molecular formula is C15H10O2S. The van der Waals surface area contributed by atoms with E-state index in [9.17, 15) is 4.79 Å². The van der Waals surface area contributed by atoms with Gasteiger partial charge >= 0.3 is 5.97 Å². The number of aromatic carboxylic acids is 1. The van der Waals surface area contributed by atoms with Gasteiger partial charge in [-0.25, -0.2) is 4.79 Å². The van der Waals surface area contributed by atoms with E-state index in [1.54, 1.807) is 23.5 Å². The molecule has 0 atom stereocenters. The van der Waals surface area contributed by atoms with E-state index in [1.807, 2.05) is 30.3 Å². The van der Waals surface area contributed by atoms with Gasteiger partial charge in [0.1, 0.15) is 0 Å². The number of hydrogen-bond acceptors (Lipinski definition) is 2. The lowest BCUT2D eigenvalue weighted by Crippen LogP contribution is -1.94. The third kappa shape index (κ3) is 1.89. The Morgan fingerprint density at radius 2 is 1.78 bits per heavy atom. The molecule has 1 N–H and O–H groups in total. The summed E-state index contributed by atoms with van der Waals surface area (Å²) in [5, 5.41) is 9.96. The van der Waals surface area contributed by atoms with Crippen LogP contribution in [0.2, 0.25) is 0 Å². The van der Waals surface area contributed by atoms with Crippen molar-refractivity contribution in [3.05, 3.63) is 60.2 Å². The summed E-state index contributed by atoms with van der Waals surface area (Å²) in [4.78, 5) is 12.1. The molecule has 0 aliphatic carbocycles. The summed E-state index contributed by atoms with van der Waals surface area (Å²) < 4.78 is 1.11. The van der Waals surface area contributed by atoms with E-state index in [4.69, 9.17) is 5.11 Å². The van der Waals surface area contributed by atoms with Crippen molar-refractivity contribution in [1.29, 1.82) is 0 Å². The molecule has 88 valence electrons. The van der Waals surface area contributed by atoms with Gasteiger partial charge in [-0.15, -0.1) is 11.3 Å². The van der Waals surface area contributed by atoms with Gasteiger partial charge in [0.25, 0.3) is 0 Å². The minimum atomic E-state index is -0.885. The number of rotatable bonds is 2. The average molecular weight is 254 g/mol. The molecule has 0 spiro atoms. The van der Waals surface area contributed by atoms with Gasteiger partial charge in [0.15, 0.2) is 0 Å². The Morgan fingerprint density at radius 1 is 1.00 bits per heavy atom. The third-order valence-corrected chi connectivity index (χ3v) is 3.99. The maximum atomic E-state index is 10.9. The lowest BCUT2D eigenvalue weighted by atomic mass is 10.1. The van der Waals surface area contributed by atoms with E-state index < -0.39 is 5.97 Å². The van der Waals surface area contributed by atoms with Crippen LogP contribution in [0.3, 0.4) is 0 Å². The standard InChI is InChI=1S/C15H10O2S/c16-15(17)11-6-7-13-12(8-11)9-14(18-13)10-4-2-1-3-5-10/h1-9H,(H,16,17). The summed E-state index contributed by atoms with van der Waals surface area (Å²) in [5.74, 6) is -0.885. The van der Waals surface area contributed by atoms with E-state index in [0.717, 1.165) is 20.5 Å². The zero-order valence-electron chi connectivity index (χ0n) is 9.46. The minimum absolute atomic E-state index is 0.333. The first-order valence-electron chi connectivity index (χ1n) is 5.56. The molecule has 0 bridgehead atoms. The Morgan fingerprint density at radius 3 is 2.50 bits per heavy atom. The summed E-state index contributed by atoms with van der Waals surface area (Å²) in [7, 11) is 0. The molecule has 0 unspecified atom stereocenters. The molecule has 1 aromatic heterocycles. The Kier molecular flexibility index (Phi) is 2.61. The Bertz CT molecular complexity index is 714. The molecule has 3 heteroatoms. The van der Waals surface area contributed by atoms with Crippen LogP contribution in [0.4, 0.5) is 0 Å². The van der Waals surface area contributed by atoms with Crippen LogP contribution in [0.5, 0.6) is 0 Å². The third-order valence-electron chi connectivity index (χ3n) is 2.82. The predicted molar refractivity (Wildman–Crippen MR) is 74.2 cm³/mol. The normalized spacial score (nSPS) is 10.7. The van der Waals surface area contributed by atoms with E-state index in [2.05, 4.69) is 12.1 Å². The fourth-order valence-electron chi connectivity index (χ4n) is 1.92. The van der Waals surface area contributed by atoms with Crippen LogP contribution in [0, 0.1) is 0 Å². The highest BCUT2D eigenvalue weighted by atomic mass is 32.1. The summed E-state index contributed by atoms with van der Waals surface area (Å²) >= 11 is 1.68. The molecule has 0 aliphatic rings. The Labute approximate surface area is 108 Å². The van der Waals surface area contributed by atoms with Crippen LogP contribution >= 0.6 is 11.3 Å². The topological polar surface area (TPSA) is 37.3 Å². The second kappa shape index (κ2) is 4.27.